The third kappa shape index (κ3) is 3.63. The number of aromatic nitrogens is 3. The Labute approximate surface area is 102 Å². The Balaban J connectivity index is 1.72. The van der Waals surface area contributed by atoms with Crippen LogP contribution in [0.1, 0.15) is 31.5 Å². The second-order valence-electron chi connectivity index (χ2n) is 4.77. The van der Waals surface area contributed by atoms with Gasteiger partial charge in [0.2, 0.25) is 0 Å². The number of aryl methyl sites for hydroxylation is 1. The highest BCUT2D eigenvalue weighted by Gasteiger charge is 2.15. The number of hydrogen-bond acceptors (Lipinski definition) is 4. The molecule has 0 aliphatic carbocycles. The van der Waals surface area contributed by atoms with Crippen LogP contribution < -0.4 is 5.32 Å². The van der Waals surface area contributed by atoms with Gasteiger partial charge in [0, 0.05) is 13.5 Å². The third-order valence-corrected chi connectivity index (χ3v) is 3.39. The molecule has 94 valence electrons. The second-order valence-corrected chi connectivity index (χ2v) is 4.77. The molecule has 1 fully saturated rings. The number of piperidine rings is 1. The van der Waals surface area contributed by atoms with Gasteiger partial charge in [-0.3, -0.25) is 9.48 Å². The molecule has 1 saturated heterocycles. The van der Waals surface area contributed by atoms with Crippen molar-refractivity contribution in [2.75, 3.05) is 13.1 Å². The van der Waals surface area contributed by atoms with E-state index >= 15 is 0 Å². The second kappa shape index (κ2) is 5.91. The van der Waals surface area contributed by atoms with Crippen LogP contribution in [0.2, 0.25) is 0 Å². The summed E-state index contributed by atoms with van der Waals surface area (Å²) in [6.45, 7) is 2.20. The lowest BCUT2D eigenvalue weighted by Crippen LogP contribution is -2.30. The Morgan fingerprint density at radius 1 is 1.65 bits per heavy atom. The van der Waals surface area contributed by atoms with Gasteiger partial charge in [-0.05, 0) is 38.3 Å². The highest BCUT2D eigenvalue weighted by atomic mass is 16.1. The van der Waals surface area contributed by atoms with E-state index in [9.17, 15) is 4.79 Å². The van der Waals surface area contributed by atoms with Crippen molar-refractivity contribution in [1.82, 2.24) is 20.1 Å². The van der Waals surface area contributed by atoms with E-state index in [4.69, 9.17) is 0 Å². The summed E-state index contributed by atoms with van der Waals surface area (Å²) in [5.74, 6) is 1.70. The molecule has 1 unspecified atom stereocenters. The average Bonchev–Trinajstić information content (AvgIpc) is 2.74. The summed E-state index contributed by atoms with van der Waals surface area (Å²) in [7, 11) is 1.82. The maximum Gasteiger partial charge on any atom is 0.140 e. The molecule has 0 saturated carbocycles. The van der Waals surface area contributed by atoms with Crippen LogP contribution in [-0.4, -0.2) is 33.6 Å². The Morgan fingerprint density at radius 3 is 3.18 bits per heavy atom. The fourth-order valence-corrected chi connectivity index (χ4v) is 2.28. The molecule has 17 heavy (non-hydrogen) atoms. The predicted molar refractivity (Wildman–Crippen MR) is 64.5 cm³/mol. The average molecular weight is 236 g/mol. The van der Waals surface area contributed by atoms with E-state index < -0.39 is 0 Å². The van der Waals surface area contributed by atoms with Crippen LogP contribution in [0.25, 0.3) is 0 Å². The molecule has 0 amide bonds. The van der Waals surface area contributed by atoms with Crippen molar-refractivity contribution < 1.29 is 4.79 Å². The SMILES string of the molecule is Cn1ncnc1CC(=O)CCC1CCCNC1. The van der Waals surface area contributed by atoms with E-state index in [2.05, 4.69) is 15.4 Å². The fourth-order valence-electron chi connectivity index (χ4n) is 2.28. The first kappa shape index (κ1) is 12.2. The van der Waals surface area contributed by atoms with Crippen molar-refractivity contribution >= 4 is 5.78 Å². The van der Waals surface area contributed by atoms with Crippen LogP contribution in [-0.2, 0) is 18.3 Å². The lowest BCUT2D eigenvalue weighted by Gasteiger charge is -2.22. The van der Waals surface area contributed by atoms with Gasteiger partial charge in [0.25, 0.3) is 0 Å². The van der Waals surface area contributed by atoms with Gasteiger partial charge in [0.15, 0.2) is 0 Å². The van der Waals surface area contributed by atoms with Crippen LogP contribution in [0, 0.1) is 5.92 Å². The molecule has 1 N–H and O–H groups in total. The van der Waals surface area contributed by atoms with Crippen LogP contribution >= 0.6 is 0 Å². The molecule has 1 aromatic rings. The zero-order chi connectivity index (χ0) is 12.1. The first-order valence-corrected chi connectivity index (χ1v) is 6.31. The van der Waals surface area contributed by atoms with Gasteiger partial charge in [-0.2, -0.15) is 5.10 Å². The van der Waals surface area contributed by atoms with Gasteiger partial charge in [0.05, 0.1) is 6.42 Å². The van der Waals surface area contributed by atoms with Gasteiger partial charge >= 0.3 is 0 Å². The number of ketones is 1. The molecule has 2 rings (SSSR count). The zero-order valence-corrected chi connectivity index (χ0v) is 10.4. The zero-order valence-electron chi connectivity index (χ0n) is 10.4. The molecule has 5 heteroatoms. The van der Waals surface area contributed by atoms with Gasteiger partial charge in [-0.15, -0.1) is 0 Å². The summed E-state index contributed by atoms with van der Waals surface area (Å²) >= 11 is 0. The van der Waals surface area contributed by atoms with Crippen molar-refractivity contribution in [3.8, 4) is 0 Å². The van der Waals surface area contributed by atoms with Crippen LogP contribution in [0.15, 0.2) is 6.33 Å². The molecule has 0 bridgehead atoms. The number of hydrogen-bond donors (Lipinski definition) is 1. The van der Waals surface area contributed by atoms with Crippen LogP contribution in [0.4, 0.5) is 0 Å². The Hall–Kier alpha value is -1.23. The molecule has 0 spiro atoms. The Kier molecular flexibility index (Phi) is 4.25. The highest BCUT2D eigenvalue weighted by molar-refractivity contribution is 5.80. The lowest BCUT2D eigenvalue weighted by atomic mass is 9.93. The first-order chi connectivity index (χ1) is 8.25. The number of carbonyl (C=O) groups excluding carboxylic acids is 1. The van der Waals surface area contributed by atoms with E-state index in [-0.39, 0.29) is 5.78 Å². The van der Waals surface area contributed by atoms with E-state index in [0.29, 0.717) is 18.8 Å². The lowest BCUT2D eigenvalue weighted by molar-refractivity contribution is -0.118. The maximum atomic E-state index is 11.8. The van der Waals surface area contributed by atoms with E-state index in [0.717, 1.165) is 25.3 Å². The fraction of sp³-hybridized carbons (Fsp3) is 0.750. The summed E-state index contributed by atoms with van der Waals surface area (Å²) in [6.07, 6.45) is 6.07. The van der Waals surface area contributed by atoms with Crippen molar-refractivity contribution in [2.24, 2.45) is 13.0 Å². The number of nitrogens with zero attached hydrogens (tertiary/aromatic N) is 3. The molecule has 1 aliphatic heterocycles. The smallest absolute Gasteiger partial charge is 0.140 e. The van der Waals surface area contributed by atoms with Crippen molar-refractivity contribution in [1.29, 1.82) is 0 Å². The predicted octanol–water partition coefficient (Wildman–Crippen LogP) is 0.706. The largest absolute Gasteiger partial charge is 0.316 e. The molecule has 1 aromatic heterocycles. The van der Waals surface area contributed by atoms with Gasteiger partial charge < -0.3 is 5.32 Å². The number of carbonyl (C=O) groups is 1. The standard InChI is InChI=1S/C12H20N4O/c1-16-12(14-9-15-16)7-11(17)5-4-10-3-2-6-13-8-10/h9-10,13H,2-8H2,1H3. The van der Waals surface area contributed by atoms with Gasteiger partial charge in [-0.1, -0.05) is 0 Å². The quantitative estimate of drug-likeness (QED) is 0.818. The molecule has 1 atom stereocenters. The monoisotopic (exact) mass is 236 g/mol. The van der Waals surface area contributed by atoms with Crippen molar-refractivity contribution in [3.63, 3.8) is 0 Å². The van der Waals surface area contributed by atoms with Crippen molar-refractivity contribution in [3.05, 3.63) is 12.2 Å². The van der Waals surface area contributed by atoms with Gasteiger partial charge in [-0.25, -0.2) is 4.98 Å². The Bertz CT molecular complexity index is 368. The Morgan fingerprint density at radius 2 is 2.53 bits per heavy atom. The summed E-state index contributed by atoms with van der Waals surface area (Å²) in [4.78, 5) is 15.9. The van der Waals surface area contributed by atoms with Crippen LogP contribution in [0.5, 0.6) is 0 Å². The number of nitrogens with one attached hydrogen (secondary N) is 1. The number of Topliss-reactive ketones (excluding diaryl/α,β-unsaturated/α-hetero) is 1. The van der Waals surface area contributed by atoms with Crippen LogP contribution in [0.3, 0.4) is 0 Å². The van der Waals surface area contributed by atoms with Crippen molar-refractivity contribution in [2.45, 2.75) is 32.1 Å². The number of rotatable bonds is 5. The normalized spacial score (nSPS) is 20.4. The van der Waals surface area contributed by atoms with E-state index in [1.54, 1.807) is 4.68 Å². The topological polar surface area (TPSA) is 59.8 Å². The minimum absolute atomic E-state index is 0.270. The molecular formula is C12H20N4O. The van der Waals surface area contributed by atoms with E-state index in [1.165, 1.54) is 19.2 Å². The minimum Gasteiger partial charge on any atom is -0.316 e. The first-order valence-electron chi connectivity index (χ1n) is 6.31. The summed E-state index contributed by atoms with van der Waals surface area (Å²) in [5, 5.41) is 7.34. The molecular weight excluding hydrogens is 216 g/mol. The highest BCUT2D eigenvalue weighted by Crippen LogP contribution is 2.16. The summed E-state index contributed by atoms with van der Waals surface area (Å²) in [5.41, 5.74) is 0. The molecule has 0 aromatic carbocycles. The van der Waals surface area contributed by atoms with Gasteiger partial charge in [0.1, 0.15) is 17.9 Å². The molecule has 0 radical (unpaired) electrons. The molecule has 2 heterocycles. The minimum atomic E-state index is 0.270. The summed E-state index contributed by atoms with van der Waals surface area (Å²) in [6, 6.07) is 0. The third-order valence-electron chi connectivity index (χ3n) is 3.39. The van der Waals surface area contributed by atoms with E-state index in [1.807, 2.05) is 7.05 Å². The molecule has 5 nitrogen and oxygen atoms in total. The molecule has 1 aliphatic rings. The summed E-state index contributed by atoms with van der Waals surface area (Å²) < 4.78 is 1.67. The maximum absolute atomic E-state index is 11.8.